The number of fused-ring (bicyclic) bond motifs is 1. The van der Waals surface area contributed by atoms with Crippen molar-refractivity contribution in [1.29, 1.82) is 0 Å². The maximum Gasteiger partial charge on any atom is 0.573 e. The molecule has 3 aromatic rings. The van der Waals surface area contributed by atoms with Crippen LogP contribution in [0.15, 0.2) is 30.5 Å². The summed E-state index contributed by atoms with van der Waals surface area (Å²) >= 11 is 0. The summed E-state index contributed by atoms with van der Waals surface area (Å²) in [5, 5.41) is 6.76. The first-order valence-electron chi connectivity index (χ1n) is 12.7. The Balaban J connectivity index is 1.45. The van der Waals surface area contributed by atoms with Crippen molar-refractivity contribution in [3.63, 3.8) is 0 Å². The first kappa shape index (κ1) is 25.5. The third-order valence-electron chi connectivity index (χ3n) is 7.30. The zero-order chi connectivity index (χ0) is 26.0. The lowest BCUT2D eigenvalue weighted by atomic mass is 9.86. The summed E-state index contributed by atoms with van der Waals surface area (Å²) in [5.74, 6) is 1.33. The number of benzene rings is 1. The Morgan fingerprint density at radius 3 is 2.46 bits per heavy atom. The summed E-state index contributed by atoms with van der Waals surface area (Å²) in [5.41, 5.74) is 7.70. The summed E-state index contributed by atoms with van der Waals surface area (Å²) in [6, 6.07) is 5.75. The van der Waals surface area contributed by atoms with E-state index in [1.54, 1.807) is 6.20 Å². The van der Waals surface area contributed by atoms with Gasteiger partial charge in [0, 0.05) is 30.5 Å². The lowest BCUT2D eigenvalue weighted by Gasteiger charge is -2.34. The first-order chi connectivity index (χ1) is 17.7. The minimum absolute atomic E-state index is 0.155. The zero-order valence-electron chi connectivity index (χ0n) is 20.7. The largest absolute Gasteiger partial charge is 0.573 e. The van der Waals surface area contributed by atoms with E-state index in [2.05, 4.69) is 31.8 Å². The van der Waals surface area contributed by atoms with Crippen molar-refractivity contribution in [3.8, 4) is 5.75 Å². The van der Waals surface area contributed by atoms with Crippen LogP contribution < -0.4 is 21.1 Å². The third-order valence-corrected chi connectivity index (χ3v) is 7.30. The van der Waals surface area contributed by atoms with Gasteiger partial charge in [-0.2, -0.15) is 4.98 Å². The number of ether oxygens (including phenoxy) is 2. The summed E-state index contributed by atoms with van der Waals surface area (Å²) < 4.78 is 49.2. The summed E-state index contributed by atoms with van der Waals surface area (Å²) in [4.78, 5) is 14.1. The SMILES string of the molecule is CC1(Nc2ncc3nc(Nc4ccc(OC(F)(F)F)cc4)n([C@H]4CC[C@H](CN)CC4)c3n2)CCOCC1. The molecular formula is C25H32F3N7O2. The number of rotatable bonds is 7. The van der Waals surface area contributed by atoms with Crippen molar-refractivity contribution >= 4 is 28.7 Å². The van der Waals surface area contributed by atoms with E-state index in [4.69, 9.17) is 20.4 Å². The molecule has 0 atom stereocenters. The highest BCUT2D eigenvalue weighted by Crippen LogP contribution is 2.37. The van der Waals surface area contributed by atoms with Crippen LogP contribution in [0.2, 0.25) is 0 Å². The smallest absolute Gasteiger partial charge is 0.406 e. The second-order valence-corrected chi connectivity index (χ2v) is 10.1. The number of anilines is 3. The van der Waals surface area contributed by atoms with Crippen molar-refractivity contribution in [1.82, 2.24) is 19.5 Å². The molecule has 37 heavy (non-hydrogen) atoms. The van der Waals surface area contributed by atoms with Crippen LogP contribution in [0, 0.1) is 5.92 Å². The van der Waals surface area contributed by atoms with E-state index in [1.165, 1.54) is 24.3 Å². The monoisotopic (exact) mass is 519 g/mol. The Hall–Kier alpha value is -3.12. The molecule has 2 fully saturated rings. The fourth-order valence-corrected chi connectivity index (χ4v) is 5.11. The fraction of sp³-hybridized carbons (Fsp3) is 0.560. The van der Waals surface area contributed by atoms with E-state index < -0.39 is 6.36 Å². The van der Waals surface area contributed by atoms with E-state index in [0.29, 0.717) is 54.4 Å². The molecule has 4 N–H and O–H groups in total. The van der Waals surface area contributed by atoms with Crippen LogP contribution in [0.1, 0.15) is 51.5 Å². The molecule has 1 saturated heterocycles. The van der Waals surface area contributed by atoms with E-state index >= 15 is 0 Å². The van der Waals surface area contributed by atoms with Gasteiger partial charge < -0.3 is 25.8 Å². The van der Waals surface area contributed by atoms with Gasteiger partial charge in [-0.15, -0.1) is 13.2 Å². The second kappa shape index (κ2) is 10.3. The maximum atomic E-state index is 12.5. The number of hydrogen-bond donors (Lipinski definition) is 3. The summed E-state index contributed by atoms with van der Waals surface area (Å²) in [7, 11) is 0. The molecule has 12 heteroatoms. The van der Waals surface area contributed by atoms with E-state index in [1.807, 2.05) is 0 Å². The van der Waals surface area contributed by atoms with Gasteiger partial charge in [-0.3, -0.25) is 4.57 Å². The van der Waals surface area contributed by atoms with Crippen LogP contribution in [-0.4, -0.2) is 51.2 Å². The molecule has 0 amide bonds. The van der Waals surface area contributed by atoms with Crippen molar-refractivity contribution in [3.05, 3.63) is 30.5 Å². The maximum absolute atomic E-state index is 12.5. The Labute approximate surface area is 213 Å². The van der Waals surface area contributed by atoms with Crippen LogP contribution in [0.3, 0.4) is 0 Å². The van der Waals surface area contributed by atoms with Crippen molar-refractivity contribution in [2.45, 2.75) is 63.4 Å². The lowest BCUT2D eigenvalue weighted by Crippen LogP contribution is -2.41. The Kier molecular flexibility index (Phi) is 7.13. The van der Waals surface area contributed by atoms with Gasteiger partial charge in [0.15, 0.2) is 5.65 Å². The molecule has 1 aliphatic heterocycles. The van der Waals surface area contributed by atoms with E-state index in [9.17, 15) is 13.2 Å². The number of nitrogens with zero attached hydrogens (tertiary/aromatic N) is 4. The highest BCUT2D eigenvalue weighted by atomic mass is 19.4. The zero-order valence-corrected chi connectivity index (χ0v) is 20.7. The average Bonchev–Trinajstić information content (AvgIpc) is 3.21. The normalized spacial score (nSPS) is 22.1. The van der Waals surface area contributed by atoms with Crippen LogP contribution in [0.25, 0.3) is 11.2 Å². The number of nitrogens with two attached hydrogens (primary N) is 1. The molecule has 2 aliphatic rings. The van der Waals surface area contributed by atoms with Gasteiger partial charge in [0.2, 0.25) is 11.9 Å². The van der Waals surface area contributed by atoms with Gasteiger partial charge in [-0.25, -0.2) is 9.97 Å². The highest BCUT2D eigenvalue weighted by Gasteiger charge is 2.32. The Morgan fingerprint density at radius 2 is 1.81 bits per heavy atom. The van der Waals surface area contributed by atoms with Crippen LogP contribution in [-0.2, 0) is 4.74 Å². The number of aromatic nitrogens is 4. The van der Waals surface area contributed by atoms with Crippen molar-refractivity contribution in [2.24, 2.45) is 11.7 Å². The molecule has 200 valence electrons. The molecule has 1 aromatic carbocycles. The predicted molar refractivity (Wildman–Crippen MR) is 134 cm³/mol. The standard InChI is InChI=1S/C25H32F3N7O2/c1-24(10-12-36-13-11-24)34-22-30-15-20-21(33-22)35(18-6-2-16(14-29)3-7-18)23(32-20)31-17-4-8-19(9-5-17)37-25(26,27)28/h4-5,8-9,15-16,18H,2-3,6-7,10-14,29H2,1H3,(H,31,32)(H,30,33,34)/t16-,18-. The molecule has 0 radical (unpaired) electrons. The number of imidazole rings is 1. The van der Waals surface area contributed by atoms with Crippen molar-refractivity contribution < 1.29 is 22.6 Å². The number of nitrogens with one attached hydrogen (secondary N) is 2. The molecule has 1 saturated carbocycles. The number of alkyl halides is 3. The van der Waals surface area contributed by atoms with Crippen molar-refractivity contribution in [2.75, 3.05) is 30.4 Å². The molecule has 9 nitrogen and oxygen atoms in total. The Morgan fingerprint density at radius 1 is 1.11 bits per heavy atom. The van der Waals surface area contributed by atoms with Gasteiger partial charge >= 0.3 is 6.36 Å². The van der Waals surface area contributed by atoms with Gasteiger partial charge in [-0.05, 0) is 82.2 Å². The minimum atomic E-state index is -4.74. The predicted octanol–water partition coefficient (Wildman–Crippen LogP) is 5.14. The van der Waals surface area contributed by atoms with E-state index in [0.717, 1.165) is 38.5 Å². The number of halogens is 3. The molecule has 0 unspecified atom stereocenters. The van der Waals surface area contributed by atoms with Gasteiger partial charge in [0.1, 0.15) is 11.3 Å². The third kappa shape index (κ3) is 6.07. The molecule has 5 rings (SSSR count). The molecular weight excluding hydrogens is 487 g/mol. The fourth-order valence-electron chi connectivity index (χ4n) is 5.11. The van der Waals surface area contributed by atoms with Gasteiger partial charge in [0.25, 0.3) is 0 Å². The van der Waals surface area contributed by atoms with Crippen LogP contribution in [0.5, 0.6) is 5.75 Å². The topological polar surface area (TPSA) is 112 Å². The molecule has 0 bridgehead atoms. The minimum Gasteiger partial charge on any atom is -0.406 e. The quantitative estimate of drug-likeness (QED) is 0.394. The van der Waals surface area contributed by atoms with Crippen LogP contribution >= 0.6 is 0 Å². The highest BCUT2D eigenvalue weighted by molar-refractivity contribution is 5.76. The number of hydrogen-bond acceptors (Lipinski definition) is 8. The van der Waals surface area contributed by atoms with Gasteiger partial charge in [0.05, 0.1) is 6.20 Å². The Bertz CT molecular complexity index is 1200. The summed E-state index contributed by atoms with van der Waals surface area (Å²) in [6.07, 6.45) is 2.58. The average molecular weight is 520 g/mol. The molecule has 3 heterocycles. The summed E-state index contributed by atoms with van der Waals surface area (Å²) in [6.45, 7) is 4.20. The molecule has 1 aliphatic carbocycles. The second-order valence-electron chi connectivity index (χ2n) is 10.1. The molecule has 2 aromatic heterocycles. The molecule has 0 spiro atoms. The van der Waals surface area contributed by atoms with E-state index in [-0.39, 0.29) is 17.3 Å². The lowest BCUT2D eigenvalue weighted by molar-refractivity contribution is -0.274. The van der Waals surface area contributed by atoms with Gasteiger partial charge in [-0.1, -0.05) is 0 Å². The first-order valence-corrected chi connectivity index (χ1v) is 12.7. The van der Waals surface area contributed by atoms with Crippen LogP contribution in [0.4, 0.5) is 30.8 Å².